The summed E-state index contributed by atoms with van der Waals surface area (Å²) < 4.78 is 0. The van der Waals surface area contributed by atoms with Gasteiger partial charge in [-0.3, -0.25) is 4.79 Å². The van der Waals surface area contributed by atoms with Gasteiger partial charge in [0.15, 0.2) is 0 Å². The Hall–Kier alpha value is -3.86. The number of aliphatic carboxylic acids is 1. The molecule has 1 atom stereocenters. The summed E-state index contributed by atoms with van der Waals surface area (Å²) >= 11 is 0. The summed E-state index contributed by atoms with van der Waals surface area (Å²) in [4.78, 5) is 30.2. The van der Waals surface area contributed by atoms with E-state index in [1.807, 2.05) is 30.5 Å². The van der Waals surface area contributed by atoms with Crippen molar-refractivity contribution in [2.75, 3.05) is 0 Å². The molecule has 0 aliphatic heterocycles. The normalized spacial score (nSPS) is 16.1. The van der Waals surface area contributed by atoms with Gasteiger partial charge < -0.3 is 15.4 Å². The molecule has 0 radical (unpaired) electrons. The van der Waals surface area contributed by atoms with Gasteiger partial charge in [0, 0.05) is 29.4 Å². The van der Waals surface area contributed by atoms with Crippen molar-refractivity contribution in [2.24, 2.45) is 5.92 Å². The molecular weight excluding hydrogens is 508 g/mol. The topological polar surface area (TPSA) is 82.2 Å². The summed E-state index contributed by atoms with van der Waals surface area (Å²) in [5, 5.41) is 14.4. The van der Waals surface area contributed by atoms with Crippen LogP contribution < -0.4 is 5.32 Å². The Balaban J connectivity index is 1.32. The molecule has 4 aromatic rings. The van der Waals surface area contributed by atoms with Crippen LogP contribution in [0.1, 0.15) is 71.6 Å². The lowest BCUT2D eigenvalue weighted by Gasteiger charge is -2.30. The van der Waals surface area contributed by atoms with E-state index in [-0.39, 0.29) is 18.2 Å². The van der Waals surface area contributed by atoms with E-state index in [0.29, 0.717) is 12.8 Å². The fourth-order valence-electron chi connectivity index (χ4n) is 7.10. The summed E-state index contributed by atoms with van der Waals surface area (Å²) in [6.45, 7) is 1.64. The minimum absolute atomic E-state index is 0.184. The zero-order valence-electron chi connectivity index (χ0n) is 24.0. The Morgan fingerprint density at radius 2 is 1.39 bits per heavy atom. The Morgan fingerprint density at radius 3 is 2.00 bits per heavy atom. The van der Waals surface area contributed by atoms with Gasteiger partial charge in [-0.05, 0) is 116 Å². The standard InChI is InChI=1S/C36H40N2O3/c1-36(35(40)41,22-29-23-37-33-19-7-6-18-32(29)33)38-34(39)28(20-26-14-8-12-24-10-2-4-16-30(24)26)21-27-15-9-13-25-11-3-5-17-31(25)27/h6-9,12-15,18-19,23,28,37H,2-5,10-11,16-17,20-22H2,1H3,(H,38,39)(H,40,41)/t36-/m1/s1. The van der Waals surface area contributed by atoms with Gasteiger partial charge in [-0.15, -0.1) is 0 Å². The van der Waals surface area contributed by atoms with Crippen molar-refractivity contribution >= 4 is 22.8 Å². The molecule has 212 valence electrons. The van der Waals surface area contributed by atoms with Crippen molar-refractivity contribution in [3.05, 3.63) is 106 Å². The van der Waals surface area contributed by atoms with Crippen molar-refractivity contribution in [1.82, 2.24) is 10.3 Å². The number of carbonyl (C=O) groups excluding carboxylic acids is 1. The van der Waals surface area contributed by atoms with Crippen LogP contribution >= 0.6 is 0 Å². The maximum Gasteiger partial charge on any atom is 0.329 e. The summed E-state index contributed by atoms with van der Waals surface area (Å²) in [7, 11) is 0. The third kappa shape index (κ3) is 5.68. The van der Waals surface area contributed by atoms with Gasteiger partial charge >= 0.3 is 5.97 Å². The Kier molecular flexibility index (Phi) is 7.70. The van der Waals surface area contributed by atoms with Crippen molar-refractivity contribution < 1.29 is 14.7 Å². The molecule has 1 amide bonds. The number of benzene rings is 3. The molecule has 0 saturated carbocycles. The van der Waals surface area contributed by atoms with Crippen LogP contribution in [-0.4, -0.2) is 27.5 Å². The quantitative estimate of drug-likeness (QED) is 0.222. The van der Waals surface area contributed by atoms with Crippen molar-refractivity contribution in [3.8, 4) is 0 Å². The summed E-state index contributed by atoms with van der Waals surface area (Å²) in [5.74, 6) is -1.57. The van der Waals surface area contributed by atoms with Gasteiger partial charge in [0.25, 0.3) is 0 Å². The molecule has 2 aliphatic rings. The molecule has 0 bridgehead atoms. The minimum atomic E-state index is -1.44. The number of hydrogen-bond acceptors (Lipinski definition) is 2. The number of hydrogen-bond donors (Lipinski definition) is 3. The molecule has 5 heteroatoms. The highest BCUT2D eigenvalue weighted by Gasteiger charge is 2.38. The molecule has 0 unspecified atom stereocenters. The summed E-state index contributed by atoms with van der Waals surface area (Å²) in [5.41, 5.74) is 8.48. The molecule has 3 N–H and O–H groups in total. The molecule has 0 spiro atoms. The smallest absolute Gasteiger partial charge is 0.329 e. The van der Waals surface area contributed by atoms with Crippen LogP contribution in [0.4, 0.5) is 0 Å². The third-order valence-electron chi connectivity index (χ3n) is 9.38. The molecule has 0 saturated heterocycles. The first kappa shape index (κ1) is 27.3. The molecule has 1 heterocycles. The number of carboxylic acids is 1. The third-order valence-corrected chi connectivity index (χ3v) is 9.38. The lowest BCUT2D eigenvalue weighted by Crippen LogP contribution is -2.55. The first-order chi connectivity index (χ1) is 19.9. The van der Waals surface area contributed by atoms with Crippen LogP contribution in [-0.2, 0) is 54.5 Å². The van der Waals surface area contributed by atoms with Gasteiger partial charge in [0.05, 0.1) is 0 Å². The minimum Gasteiger partial charge on any atom is -0.480 e. The van der Waals surface area contributed by atoms with Crippen molar-refractivity contribution in [3.63, 3.8) is 0 Å². The van der Waals surface area contributed by atoms with Crippen molar-refractivity contribution in [2.45, 2.75) is 83.1 Å². The van der Waals surface area contributed by atoms with Crippen LogP contribution in [0.3, 0.4) is 0 Å². The molecule has 3 aromatic carbocycles. The fraction of sp³-hybridized carbons (Fsp3) is 0.389. The van der Waals surface area contributed by atoms with E-state index in [1.165, 1.54) is 59.1 Å². The Morgan fingerprint density at radius 1 is 0.805 bits per heavy atom. The lowest BCUT2D eigenvalue weighted by atomic mass is 9.81. The monoisotopic (exact) mass is 548 g/mol. The zero-order valence-corrected chi connectivity index (χ0v) is 24.0. The second-order valence-electron chi connectivity index (χ2n) is 12.3. The number of nitrogens with one attached hydrogen (secondary N) is 2. The van der Waals surface area contributed by atoms with Crippen LogP contribution in [0.2, 0.25) is 0 Å². The van der Waals surface area contributed by atoms with Crippen LogP contribution in [0, 0.1) is 5.92 Å². The number of aromatic nitrogens is 1. The van der Waals surface area contributed by atoms with E-state index in [9.17, 15) is 14.7 Å². The number of carboxylic acid groups (broad SMARTS) is 1. The molecule has 5 nitrogen and oxygen atoms in total. The highest BCUT2D eigenvalue weighted by molar-refractivity contribution is 5.90. The summed E-state index contributed by atoms with van der Waals surface area (Å²) in [6.07, 6.45) is 12.3. The van der Waals surface area contributed by atoms with E-state index in [4.69, 9.17) is 0 Å². The Bertz CT molecular complexity index is 1520. The molecule has 6 rings (SSSR count). The number of H-pyrrole nitrogens is 1. The number of aryl methyl sites for hydroxylation is 2. The maximum absolute atomic E-state index is 14.2. The highest BCUT2D eigenvalue weighted by atomic mass is 16.4. The second kappa shape index (κ2) is 11.6. The molecule has 0 fully saturated rings. The SMILES string of the molecule is C[C@](Cc1c[nH]c2ccccc12)(NC(=O)C(Cc1cccc2c1CCCC2)Cc1cccc2c1CCCC2)C(=O)O. The molecule has 2 aliphatic carbocycles. The first-order valence-electron chi connectivity index (χ1n) is 15.2. The lowest BCUT2D eigenvalue weighted by molar-refractivity contribution is -0.147. The van der Waals surface area contributed by atoms with Crippen LogP contribution in [0.25, 0.3) is 10.9 Å². The van der Waals surface area contributed by atoms with E-state index < -0.39 is 11.5 Å². The van der Waals surface area contributed by atoms with E-state index in [0.717, 1.165) is 42.1 Å². The summed E-state index contributed by atoms with van der Waals surface area (Å²) in [6, 6.07) is 20.9. The van der Waals surface area contributed by atoms with Crippen molar-refractivity contribution in [1.29, 1.82) is 0 Å². The van der Waals surface area contributed by atoms with Gasteiger partial charge in [0.1, 0.15) is 5.54 Å². The van der Waals surface area contributed by atoms with Crippen LogP contribution in [0.5, 0.6) is 0 Å². The van der Waals surface area contributed by atoms with E-state index in [1.54, 1.807) is 6.92 Å². The van der Waals surface area contributed by atoms with Crippen LogP contribution in [0.15, 0.2) is 66.9 Å². The number of para-hydroxylation sites is 1. The highest BCUT2D eigenvalue weighted by Crippen LogP contribution is 2.31. The first-order valence-corrected chi connectivity index (χ1v) is 15.2. The maximum atomic E-state index is 14.2. The van der Waals surface area contributed by atoms with E-state index >= 15 is 0 Å². The van der Waals surface area contributed by atoms with E-state index in [2.05, 4.69) is 46.7 Å². The number of aromatic amines is 1. The van der Waals surface area contributed by atoms with Gasteiger partial charge in [0.2, 0.25) is 5.91 Å². The number of carbonyl (C=O) groups is 2. The Labute approximate surface area is 242 Å². The molecule has 1 aromatic heterocycles. The predicted molar refractivity (Wildman–Crippen MR) is 163 cm³/mol. The largest absolute Gasteiger partial charge is 0.480 e. The average molecular weight is 549 g/mol. The zero-order chi connectivity index (χ0) is 28.4. The number of rotatable bonds is 9. The average Bonchev–Trinajstić information content (AvgIpc) is 3.39. The van der Waals surface area contributed by atoms with Gasteiger partial charge in [-0.1, -0.05) is 54.6 Å². The van der Waals surface area contributed by atoms with Gasteiger partial charge in [-0.2, -0.15) is 0 Å². The second-order valence-corrected chi connectivity index (χ2v) is 12.3. The van der Waals surface area contributed by atoms with Gasteiger partial charge in [-0.25, -0.2) is 4.79 Å². The number of fused-ring (bicyclic) bond motifs is 3. The fourth-order valence-corrected chi connectivity index (χ4v) is 7.10. The number of amides is 1. The molecule has 41 heavy (non-hydrogen) atoms. The molecular formula is C36H40N2O3. The predicted octanol–water partition coefficient (Wildman–Crippen LogP) is 6.53.